The maximum Gasteiger partial charge on any atom is 0.253 e. The van der Waals surface area contributed by atoms with Gasteiger partial charge in [0.25, 0.3) is 5.91 Å². The monoisotopic (exact) mass is 246 g/mol. The van der Waals surface area contributed by atoms with Crippen LogP contribution in [0.4, 0.5) is 0 Å². The van der Waals surface area contributed by atoms with Crippen molar-refractivity contribution in [3.63, 3.8) is 0 Å². The first-order valence-electron chi connectivity index (χ1n) is 6.61. The normalized spacial score (nSPS) is 18.9. The zero-order valence-electron chi connectivity index (χ0n) is 11.5. The molecular formula is C15H22N2O. The lowest BCUT2D eigenvalue weighted by Crippen LogP contribution is -2.32. The van der Waals surface area contributed by atoms with Crippen LogP contribution in [-0.4, -0.2) is 37.5 Å². The minimum Gasteiger partial charge on any atom is -0.341 e. The molecule has 1 amide bonds. The van der Waals surface area contributed by atoms with E-state index < -0.39 is 0 Å². The van der Waals surface area contributed by atoms with Gasteiger partial charge in [-0.05, 0) is 62.5 Å². The van der Waals surface area contributed by atoms with Crippen molar-refractivity contribution in [3.8, 4) is 0 Å². The predicted octanol–water partition coefficient (Wildman–Crippen LogP) is 1.98. The van der Waals surface area contributed by atoms with Gasteiger partial charge >= 0.3 is 0 Å². The van der Waals surface area contributed by atoms with E-state index in [0.29, 0.717) is 5.92 Å². The number of carbonyl (C=O) groups excluding carboxylic acids is 1. The third-order valence-electron chi connectivity index (χ3n) is 3.79. The van der Waals surface area contributed by atoms with Crippen LogP contribution in [0, 0.1) is 19.8 Å². The summed E-state index contributed by atoms with van der Waals surface area (Å²) in [6.07, 6.45) is 1.17. The molecule has 0 aromatic heterocycles. The molecule has 18 heavy (non-hydrogen) atoms. The quantitative estimate of drug-likeness (QED) is 0.884. The molecule has 98 valence electrons. The van der Waals surface area contributed by atoms with Crippen molar-refractivity contribution < 1.29 is 4.79 Å². The highest BCUT2D eigenvalue weighted by atomic mass is 16.2. The number of hydrogen-bond acceptors (Lipinski definition) is 2. The van der Waals surface area contributed by atoms with E-state index in [1.54, 1.807) is 0 Å². The number of hydrogen-bond donors (Lipinski definition) is 1. The van der Waals surface area contributed by atoms with E-state index >= 15 is 0 Å². The van der Waals surface area contributed by atoms with Crippen molar-refractivity contribution in [2.24, 2.45) is 5.92 Å². The SMILES string of the molecule is Cc1ccc(C(=O)N(C)CC2CCNC2)cc1C. The highest BCUT2D eigenvalue weighted by Crippen LogP contribution is 2.14. The summed E-state index contributed by atoms with van der Waals surface area (Å²) in [6, 6.07) is 5.93. The molecule has 1 aliphatic heterocycles. The molecule has 1 unspecified atom stereocenters. The maximum atomic E-state index is 12.3. The van der Waals surface area contributed by atoms with Gasteiger partial charge in [0.2, 0.25) is 0 Å². The van der Waals surface area contributed by atoms with Crippen LogP contribution in [0.5, 0.6) is 0 Å². The lowest BCUT2D eigenvalue weighted by Gasteiger charge is -2.21. The number of carbonyl (C=O) groups is 1. The Kier molecular flexibility index (Phi) is 4.02. The van der Waals surface area contributed by atoms with Gasteiger partial charge in [-0.15, -0.1) is 0 Å². The van der Waals surface area contributed by atoms with Crippen molar-refractivity contribution in [2.45, 2.75) is 20.3 Å². The average Bonchev–Trinajstić information content (AvgIpc) is 2.84. The molecule has 0 saturated carbocycles. The Hall–Kier alpha value is -1.35. The smallest absolute Gasteiger partial charge is 0.253 e. The topological polar surface area (TPSA) is 32.3 Å². The molecular weight excluding hydrogens is 224 g/mol. The zero-order chi connectivity index (χ0) is 13.1. The maximum absolute atomic E-state index is 12.3. The van der Waals surface area contributed by atoms with Gasteiger partial charge < -0.3 is 10.2 Å². The van der Waals surface area contributed by atoms with Crippen molar-refractivity contribution in [1.29, 1.82) is 0 Å². The third-order valence-corrected chi connectivity index (χ3v) is 3.79. The molecule has 3 heteroatoms. The first-order valence-corrected chi connectivity index (χ1v) is 6.61. The fourth-order valence-corrected chi connectivity index (χ4v) is 2.44. The average molecular weight is 246 g/mol. The first-order chi connectivity index (χ1) is 8.58. The van der Waals surface area contributed by atoms with Gasteiger partial charge in [0.05, 0.1) is 0 Å². The summed E-state index contributed by atoms with van der Waals surface area (Å²) in [5.74, 6) is 0.732. The van der Waals surface area contributed by atoms with E-state index in [-0.39, 0.29) is 5.91 Å². The van der Waals surface area contributed by atoms with Crippen LogP contribution in [0.3, 0.4) is 0 Å². The molecule has 2 rings (SSSR count). The van der Waals surface area contributed by atoms with Crippen LogP contribution in [0.15, 0.2) is 18.2 Å². The van der Waals surface area contributed by atoms with Crippen LogP contribution in [0.1, 0.15) is 27.9 Å². The van der Waals surface area contributed by atoms with Crippen molar-refractivity contribution in [2.75, 3.05) is 26.7 Å². The van der Waals surface area contributed by atoms with Gasteiger partial charge in [-0.1, -0.05) is 6.07 Å². The largest absolute Gasteiger partial charge is 0.341 e. The molecule has 1 saturated heterocycles. The summed E-state index contributed by atoms with van der Waals surface area (Å²) in [6.45, 7) is 7.07. The summed E-state index contributed by atoms with van der Waals surface area (Å²) in [4.78, 5) is 14.2. The Bertz CT molecular complexity index is 436. The van der Waals surface area contributed by atoms with Crippen LogP contribution in [-0.2, 0) is 0 Å². The molecule has 1 fully saturated rings. The number of nitrogens with one attached hydrogen (secondary N) is 1. The van der Waals surface area contributed by atoms with Crippen molar-refractivity contribution in [3.05, 3.63) is 34.9 Å². The lowest BCUT2D eigenvalue weighted by atomic mass is 10.0. The van der Waals surface area contributed by atoms with Crippen molar-refractivity contribution in [1.82, 2.24) is 10.2 Å². The summed E-state index contributed by atoms with van der Waals surface area (Å²) in [7, 11) is 1.90. The number of benzene rings is 1. The molecule has 0 bridgehead atoms. The van der Waals surface area contributed by atoms with Crippen LogP contribution in [0.2, 0.25) is 0 Å². The van der Waals surface area contributed by atoms with E-state index in [1.807, 2.05) is 37.1 Å². The Morgan fingerprint density at radius 3 is 2.78 bits per heavy atom. The van der Waals surface area contributed by atoms with Crippen LogP contribution in [0.25, 0.3) is 0 Å². The number of nitrogens with zero attached hydrogens (tertiary/aromatic N) is 1. The fraction of sp³-hybridized carbons (Fsp3) is 0.533. The molecule has 1 aromatic carbocycles. The third kappa shape index (κ3) is 2.91. The molecule has 1 N–H and O–H groups in total. The van der Waals surface area contributed by atoms with Crippen LogP contribution < -0.4 is 5.32 Å². The Morgan fingerprint density at radius 1 is 1.39 bits per heavy atom. The second-order valence-electron chi connectivity index (χ2n) is 5.34. The molecule has 0 radical (unpaired) electrons. The van der Waals surface area contributed by atoms with Gasteiger partial charge in [-0.3, -0.25) is 4.79 Å². The minimum atomic E-state index is 0.130. The summed E-state index contributed by atoms with van der Waals surface area (Å²) >= 11 is 0. The Labute approximate surface area is 109 Å². The standard InChI is InChI=1S/C15H22N2O/c1-11-4-5-14(8-12(11)2)15(18)17(3)10-13-6-7-16-9-13/h4-5,8,13,16H,6-7,9-10H2,1-3H3. The van der Waals surface area contributed by atoms with E-state index in [2.05, 4.69) is 12.2 Å². The molecule has 0 aliphatic carbocycles. The molecule has 3 nitrogen and oxygen atoms in total. The zero-order valence-corrected chi connectivity index (χ0v) is 11.5. The van der Waals surface area contributed by atoms with E-state index in [1.165, 1.54) is 17.5 Å². The lowest BCUT2D eigenvalue weighted by molar-refractivity contribution is 0.0776. The van der Waals surface area contributed by atoms with Gasteiger partial charge in [0.1, 0.15) is 0 Å². The van der Waals surface area contributed by atoms with Gasteiger partial charge in [0.15, 0.2) is 0 Å². The Morgan fingerprint density at radius 2 is 2.17 bits per heavy atom. The highest BCUT2D eigenvalue weighted by molar-refractivity contribution is 5.94. The summed E-state index contributed by atoms with van der Waals surface area (Å²) in [5, 5.41) is 3.33. The molecule has 1 heterocycles. The first kappa shape index (κ1) is 13.1. The van der Waals surface area contributed by atoms with Gasteiger partial charge in [0, 0.05) is 19.2 Å². The second-order valence-corrected chi connectivity index (χ2v) is 5.34. The second kappa shape index (κ2) is 5.53. The number of rotatable bonds is 3. The molecule has 1 atom stereocenters. The van der Waals surface area contributed by atoms with Crippen molar-refractivity contribution >= 4 is 5.91 Å². The molecule has 1 aromatic rings. The van der Waals surface area contributed by atoms with Gasteiger partial charge in [-0.25, -0.2) is 0 Å². The van der Waals surface area contributed by atoms with Gasteiger partial charge in [-0.2, -0.15) is 0 Å². The van der Waals surface area contributed by atoms with E-state index in [4.69, 9.17) is 0 Å². The fourth-order valence-electron chi connectivity index (χ4n) is 2.44. The minimum absolute atomic E-state index is 0.130. The van der Waals surface area contributed by atoms with E-state index in [9.17, 15) is 4.79 Å². The molecule has 0 spiro atoms. The van der Waals surface area contributed by atoms with Crippen LogP contribution >= 0.6 is 0 Å². The molecule has 1 aliphatic rings. The summed E-state index contributed by atoms with van der Waals surface area (Å²) in [5.41, 5.74) is 3.21. The highest BCUT2D eigenvalue weighted by Gasteiger charge is 2.20. The van der Waals surface area contributed by atoms with E-state index in [0.717, 1.165) is 25.2 Å². The Balaban J connectivity index is 2.02. The summed E-state index contributed by atoms with van der Waals surface area (Å²) < 4.78 is 0. The predicted molar refractivity (Wildman–Crippen MR) is 73.9 cm³/mol. The number of aryl methyl sites for hydroxylation is 2. The number of amides is 1.